The summed E-state index contributed by atoms with van der Waals surface area (Å²) in [4.78, 5) is 24.6. The van der Waals surface area contributed by atoms with Gasteiger partial charge in [0.15, 0.2) is 0 Å². The highest BCUT2D eigenvalue weighted by atomic mass is 16.6. The second-order valence-electron chi connectivity index (χ2n) is 6.33. The quantitative estimate of drug-likeness (QED) is 0.512. The Kier molecular flexibility index (Phi) is 4.41. The van der Waals surface area contributed by atoms with Crippen molar-refractivity contribution in [3.63, 3.8) is 0 Å². The number of hydrogen-bond acceptors (Lipinski definition) is 7. The lowest BCUT2D eigenvalue weighted by atomic mass is 9.96. The van der Waals surface area contributed by atoms with Gasteiger partial charge in [-0.1, -0.05) is 0 Å². The average Bonchev–Trinajstić information content (AvgIpc) is 3.39. The van der Waals surface area contributed by atoms with Crippen molar-refractivity contribution in [1.82, 2.24) is 15.1 Å². The molecule has 1 amide bonds. The van der Waals surface area contributed by atoms with Gasteiger partial charge in [-0.3, -0.25) is 14.9 Å². The standard InChI is InChI=1S/C18H16N4O5/c23-18(13-1-3-15(4-2-13)22(24)25)21-8-5-12(6-9-21)16-19-20-17(27-16)14-7-10-26-11-14/h1-4,7,10-12H,5-6,8-9H2. The molecule has 0 unspecified atom stereocenters. The second-order valence-corrected chi connectivity index (χ2v) is 6.33. The van der Waals surface area contributed by atoms with Crippen LogP contribution >= 0.6 is 0 Å². The molecule has 1 aliphatic heterocycles. The molecule has 2 aromatic heterocycles. The van der Waals surface area contributed by atoms with Crippen LogP contribution in [0.1, 0.15) is 35.0 Å². The maximum absolute atomic E-state index is 12.6. The summed E-state index contributed by atoms with van der Waals surface area (Å²) in [6.07, 6.45) is 4.52. The number of nitro benzene ring substituents is 1. The number of carbonyl (C=O) groups is 1. The maximum Gasteiger partial charge on any atom is 0.269 e. The van der Waals surface area contributed by atoms with E-state index in [0.717, 1.165) is 5.56 Å². The van der Waals surface area contributed by atoms with Crippen LogP contribution in [-0.2, 0) is 0 Å². The highest BCUT2D eigenvalue weighted by Gasteiger charge is 2.28. The normalized spacial score (nSPS) is 15.0. The van der Waals surface area contributed by atoms with Crippen molar-refractivity contribution in [3.05, 3.63) is 64.4 Å². The van der Waals surface area contributed by atoms with Gasteiger partial charge in [-0.25, -0.2) is 0 Å². The molecule has 0 radical (unpaired) electrons. The van der Waals surface area contributed by atoms with Gasteiger partial charge in [0, 0.05) is 36.7 Å². The monoisotopic (exact) mass is 368 g/mol. The van der Waals surface area contributed by atoms with Crippen molar-refractivity contribution < 1.29 is 18.6 Å². The lowest BCUT2D eigenvalue weighted by Gasteiger charge is -2.30. The van der Waals surface area contributed by atoms with Crippen LogP contribution in [0.2, 0.25) is 0 Å². The van der Waals surface area contributed by atoms with E-state index in [9.17, 15) is 14.9 Å². The van der Waals surface area contributed by atoms with Crippen molar-refractivity contribution in [3.8, 4) is 11.5 Å². The van der Waals surface area contributed by atoms with E-state index in [0.29, 0.717) is 43.3 Å². The zero-order valence-corrected chi connectivity index (χ0v) is 14.3. The number of aromatic nitrogens is 2. The van der Waals surface area contributed by atoms with E-state index in [4.69, 9.17) is 8.83 Å². The third-order valence-electron chi connectivity index (χ3n) is 4.67. The summed E-state index contributed by atoms with van der Waals surface area (Å²) < 4.78 is 10.8. The molecule has 27 heavy (non-hydrogen) atoms. The predicted molar refractivity (Wildman–Crippen MR) is 93.0 cm³/mol. The zero-order valence-electron chi connectivity index (χ0n) is 14.3. The van der Waals surface area contributed by atoms with Gasteiger partial charge in [-0.2, -0.15) is 0 Å². The Morgan fingerprint density at radius 3 is 2.52 bits per heavy atom. The summed E-state index contributed by atoms with van der Waals surface area (Å²) in [6, 6.07) is 7.41. The van der Waals surface area contributed by atoms with Crippen LogP contribution in [0, 0.1) is 10.1 Å². The molecule has 4 rings (SSSR count). The summed E-state index contributed by atoms with van der Waals surface area (Å²) in [7, 11) is 0. The summed E-state index contributed by atoms with van der Waals surface area (Å²) >= 11 is 0. The molecule has 1 fully saturated rings. The van der Waals surface area contributed by atoms with Crippen molar-refractivity contribution >= 4 is 11.6 Å². The molecule has 1 saturated heterocycles. The Bertz CT molecular complexity index is 941. The Balaban J connectivity index is 1.38. The van der Waals surface area contributed by atoms with Crippen LogP contribution in [-0.4, -0.2) is 39.0 Å². The summed E-state index contributed by atoms with van der Waals surface area (Å²) in [5, 5.41) is 18.9. The number of carbonyl (C=O) groups excluding carboxylic acids is 1. The number of non-ortho nitro benzene ring substituents is 1. The molecule has 3 aromatic rings. The van der Waals surface area contributed by atoms with Gasteiger partial charge in [-0.05, 0) is 31.0 Å². The molecule has 1 aliphatic rings. The Labute approximate surface area is 153 Å². The number of amides is 1. The smallest absolute Gasteiger partial charge is 0.269 e. The van der Waals surface area contributed by atoms with Gasteiger partial charge < -0.3 is 13.7 Å². The van der Waals surface area contributed by atoms with Crippen LogP contribution in [0.4, 0.5) is 5.69 Å². The maximum atomic E-state index is 12.6. The molecular weight excluding hydrogens is 352 g/mol. The lowest BCUT2D eigenvalue weighted by Crippen LogP contribution is -2.38. The first-order valence-electron chi connectivity index (χ1n) is 8.51. The number of furan rings is 1. The average molecular weight is 368 g/mol. The number of rotatable bonds is 4. The topological polar surface area (TPSA) is 116 Å². The minimum absolute atomic E-state index is 0.0323. The molecule has 138 valence electrons. The SMILES string of the molecule is O=C(c1ccc([N+](=O)[O-])cc1)N1CCC(c2nnc(-c3ccoc3)o2)CC1. The molecule has 9 nitrogen and oxygen atoms in total. The molecular formula is C18H16N4O5. The van der Waals surface area contributed by atoms with E-state index in [-0.39, 0.29) is 17.5 Å². The minimum Gasteiger partial charge on any atom is -0.472 e. The zero-order chi connectivity index (χ0) is 18.8. The van der Waals surface area contributed by atoms with Gasteiger partial charge in [0.05, 0.1) is 16.7 Å². The Hall–Kier alpha value is -3.49. The fraction of sp³-hybridized carbons (Fsp3) is 0.278. The van der Waals surface area contributed by atoms with Crippen molar-refractivity contribution in [2.45, 2.75) is 18.8 Å². The van der Waals surface area contributed by atoms with Crippen molar-refractivity contribution in [2.75, 3.05) is 13.1 Å². The molecule has 0 bridgehead atoms. The number of nitrogens with zero attached hydrogens (tertiary/aromatic N) is 4. The van der Waals surface area contributed by atoms with Crippen LogP contribution in [0.15, 0.2) is 51.7 Å². The summed E-state index contributed by atoms with van der Waals surface area (Å²) in [6.45, 7) is 1.12. The third kappa shape index (κ3) is 3.43. The largest absolute Gasteiger partial charge is 0.472 e. The summed E-state index contributed by atoms with van der Waals surface area (Å²) in [5.74, 6) is 0.948. The number of benzene rings is 1. The highest BCUT2D eigenvalue weighted by Crippen LogP contribution is 2.30. The molecule has 0 saturated carbocycles. The molecule has 9 heteroatoms. The van der Waals surface area contributed by atoms with E-state index >= 15 is 0 Å². The first-order valence-corrected chi connectivity index (χ1v) is 8.51. The van der Waals surface area contributed by atoms with E-state index in [1.807, 2.05) is 0 Å². The Morgan fingerprint density at radius 1 is 1.15 bits per heavy atom. The highest BCUT2D eigenvalue weighted by molar-refractivity contribution is 5.94. The van der Waals surface area contributed by atoms with Crippen LogP contribution in [0.5, 0.6) is 0 Å². The first-order chi connectivity index (χ1) is 13.1. The molecule has 0 N–H and O–H groups in total. The third-order valence-corrected chi connectivity index (χ3v) is 4.67. The van der Waals surface area contributed by atoms with Crippen molar-refractivity contribution in [2.24, 2.45) is 0 Å². The minimum atomic E-state index is -0.484. The van der Waals surface area contributed by atoms with E-state index in [2.05, 4.69) is 10.2 Å². The molecule has 0 spiro atoms. The molecule has 0 aliphatic carbocycles. The number of piperidine rings is 1. The lowest BCUT2D eigenvalue weighted by molar-refractivity contribution is -0.384. The summed E-state index contributed by atoms with van der Waals surface area (Å²) in [5.41, 5.74) is 1.15. The Morgan fingerprint density at radius 2 is 1.89 bits per heavy atom. The molecule has 1 aromatic carbocycles. The van der Waals surface area contributed by atoms with Crippen molar-refractivity contribution in [1.29, 1.82) is 0 Å². The van der Waals surface area contributed by atoms with Gasteiger partial charge in [-0.15, -0.1) is 10.2 Å². The molecule has 0 atom stereocenters. The van der Waals surface area contributed by atoms with Crippen LogP contribution in [0.25, 0.3) is 11.5 Å². The van der Waals surface area contributed by atoms with Gasteiger partial charge in [0.2, 0.25) is 5.89 Å². The predicted octanol–water partition coefficient (Wildman–Crippen LogP) is 3.26. The number of nitro groups is 1. The van der Waals surface area contributed by atoms with E-state index < -0.39 is 4.92 Å². The van der Waals surface area contributed by atoms with Crippen LogP contribution in [0.3, 0.4) is 0 Å². The van der Waals surface area contributed by atoms with E-state index in [1.165, 1.54) is 24.3 Å². The van der Waals surface area contributed by atoms with E-state index in [1.54, 1.807) is 23.5 Å². The van der Waals surface area contributed by atoms with Gasteiger partial charge >= 0.3 is 0 Å². The number of likely N-dealkylation sites (tertiary alicyclic amines) is 1. The fourth-order valence-corrected chi connectivity index (χ4v) is 3.14. The fourth-order valence-electron chi connectivity index (χ4n) is 3.14. The van der Waals surface area contributed by atoms with Gasteiger partial charge in [0.25, 0.3) is 17.5 Å². The van der Waals surface area contributed by atoms with Crippen LogP contribution < -0.4 is 0 Å². The second kappa shape index (κ2) is 7.02. The molecule has 3 heterocycles. The number of hydrogen-bond donors (Lipinski definition) is 0. The van der Waals surface area contributed by atoms with Gasteiger partial charge in [0.1, 0.15) is 6.26 Å². The first kappa shape index (κ1) is 17.0.